The van der Waals surface area contributed by atoms with Gasteiger partial charge >= 0.3 is 0 Å². The molecule has 0 unspecified atom stereocenters. The molecule has 0 amide bonds. The van der Waals surface area contributed by atoms with E-state index < -0.39 is 5.60 Å². The van der Waals surface area contributed by atoms with Gasteiger partial charge < -0.3 is 16.2 Å². The molecule has 142 valence electrons. The van der Waals surface area contributed by atoms with Gasteiger partial charge in [-0.05, 0) is 82.0 Å². The number of nitrogens with zero attached hydrogens (tertiary/aromatic N) is 1. The van der Waals surface area contributed by atoms with Crippen molar-refractivity contribution in [3.8, 4) is 0 Å². The molecule has 2 saturated carbocycles. The van der Waals surface area contributed by atoms with Gasteiger partial charge in [-0.25, -0.2) is 5.84 Å². The molecule has 1 aromatic carbocycles. The molecule has 3 fully saturated rings. The largest absolute Gasteiger partial charge is 0.400 e. The first kappa shape index (κ1) is 17.8. The fraction of sp³-hybridized carbons (Fsp3) is 0.619. The summed E-state index contributed by atoms with van der Waals surface area (Å²) in [6.45, 7) is 6.20. The Labute approximate surface area is 156 Å². The van der Waals surface area contributed by atoms with E-state index >= 15 is 0 Å². The zero-order valence-electron chi connectivity index (χ0n) is 16.0. The molecule has 0 bridgehead atoms. The van der Waals surface area contributed by atoms with Crippen LogP contribution in [0.2, 0.25) is 0 Å². The van der Waals surface area contributed by atoms with E-state index in [2.05, 4.69) is 31.3 Å². The quantitative estimate of drug-likeness (QED) is 0.492. The Morgan fingerprint density at radius 1 is 1.15 bits per heavy atom. The molecular formula is C21H32N4O. The van der Waals surface area contributed by atoms with Crippen molar-refractivity contribution in [2.24, 2.45) is 22.9 Å². The van der Waals surface area contributed by atoms with E-state index in [1.165, 1.54) is 0 Å². The Kier molecular flexibility index (Phi) is 4.29. The first-order valence-corrected chi connectivity index (χ1v) is 9.90. The second kappa shape index (κ2) is 6.25. The molecule has 5 heteroatoms. The van der Waals surface area contributed by atoms with Crippen LogP contribution in [0, 0.1) is 25.2 Å². The predicted molar refractivity (Wildman–Crippen MR) is 105 cm³/mol. The number of aliphatic hydroxyl groups is 1. The maximum absolute atomic E-state index is 11.6. The van der Waals surface area contributed by atoms with E-state index in [0.717, 1.165) is 79.8 Å². The van der Waals surface area contributed by atoms with E-state index in [1.54, 1.807) is 5.01 Å². The van der Waals surface area contributed by atoms with Gasteiger partial charge in [-0.1, -0.05) is 18.2 Å². The highest BCUT2D eigenvalue weighted by atomic mass is 16.3. The monoisotopic (exact) mass is 356 g/mol. The number of nitrogens with two attached hydrogens (primary N) is 2. The van der Waals surface area contributed by atoms with Crippen molar-refractivity contribution in [2.75, 3.05) is 18.1 Å². The molecule has 0 atom stereocenters. The number of nitrogens with one attached hydrogen (secondary N) is 1. The van der Waals surface area contributed by atoms with Crippen LogP contribution in [0.1, 0.15) is 49.7 Å². The normalized spacial score (nSPS) is 24.8. The lowest BCUT2D eigenvalue weighted by molar-refractivity contribution is -0.116. The van der Waals surface area contributed by atoms with E-state index in [-0.39, 0.29) is 5.41 Å². The first-order chi connectivity index (χ1) is 12.4. The molecule has 0 aromatic heterocycles. The molecule has 1 saturated heterocycles. The second-order valence-corrected chi connectivity index (χ2v) is 8.82. The highest BCUT2D eigenvalue weighted by Gasteiger charge is 2.57. The zero-order valence-corrected chi connectivity index (χ0v) is 16.0. The standard InChI is InChI=1S/C21H32N4O/c1-14-4-3-5-15(2)18(14)25(23)19(17(22)16-6-7-16)21(26)12-20(13-21)8-10-24-11-9-20/h3-5,16,24,26H,6-13,22-23H2,1-2H3/b19-17-. The number of piperidine rings is 1. The summed E-state index contributed by atoms with van der Waals surface area (Å²) in [6.07, 6.45) is 5.98. The van der Waals surface area contributed by atoms with Crippen LogP contribution in [-0.2, 0) is 0 Å². The topological polar surface area (TPSA) is 87.5 Å². The molecule has 5 nitrogen and oxygen atoms in total. The minimum Gasteiger partial charge on any atom is -0.400 e. The molecule has 4 rings (SSSR count). The van der Waals surface area contributed by atoms with Crippen molar-refractivity contribution >= 4 is 5.69 Å². The number of allylic oxidation sites excluding steroid dienone is 1. The van der Waals surface area contributed by atoms with Crippen LogP contribution in [0.25, 0.3) is 0 Å². The highest BCUT2D eigenvalue weighted by Crippen LogP contribution is 2.58. The average Bonchev–Trinajstić information content (AvgIpc) is 3.39. The molecule has 1 spiro atoms. The van der Waals surface area contributed by atoms with E-state index in [9.17, 15) is 5.11 Å². The van der Waals surface area contributed by atoms with Gasteiger partial charge in [0.05, 0.1) is 11.4 Å². The minimum absolute atomic E-state index is 0.247. The number of hydrogen-bond acceptors (Lipinski definition) is 5. The Bertz CT molecular complexity index is 703. The van der Waals surface area contributed by atoms with Crippen LogP contribution in [0.4, 0.5) is 5.69 Å². The van der Waals surface area contributed by atoms with Crippen molar-refractivity contribution in [2.45, 2.75) is 58.0 Å². The molecule has 6 N–H and O–H groups in total. The summed E-state index contributed by atoms with van der Waals surface area (Å²) in [7, 11) is 0. The Balaban J connectivity index is 1.69. The lowest BCUT2D eigenvalue weighted by Crippen LogP contribution is -2.60. The van der Waals surface area contributed by atoms with Gasteiger partial charge in [0.25, 0.3) is 0 Å². The lowest BCUT2D eigenvalue weighted by Gasteiger charge is -2.57. The fourth-order valence-corrected chi connectivity index (χ4v) is 5.18. The minimum atomic E-state index is -0.909. The van der Waals surface area contributed by atoms with Gasteiger partial charge in [0.1, 0.15) is 5.60 Å². The fourth-order valence-electron chi connectivity index (χ4n) is 5.18. The predicted octanol–water partition coefficient (Wildman–Crippen LogP) is 2.46. The van der Waals surface area contributed by atoms with Crippen molar-refractivity contribution in [1.29, 1.82) is 0 Å². The van der Waals surface area contributed by atoms with Gasteiger partial charge in [-0.15, -0.1) is 0 Å². The zero-order chi connectivity index (χ0) is 18.5. The third kappa shape index (κ3) is 2.92. The highest BCUT2D eigenvalue weighted by molar-refractivity contribution is 5.63. The van der Waals surface area contributed by atoms with Gasteiger partial charge in [-0.2, -0.15) is 0 Å². The van der Waals surface area contributed by atoms with Crippen LogP contribution in [0.15, 0.2) is 29.6 Å². The van der Waals surface area contributed by atoms with Gasteiger partial charge in [0.2, 0.25) is 0 Å². The van der Waals surface area contributed by atoms with Crippen LogP contribution < -0.4 is 21.9 Å². The number of rotatable bonds is 4. The third-order valence-corrected chi connectivity index (χ3v) is 6.65. The molecular weight excluding hydrogens is 324 g/mol. The van der Waals surface area contributed by atoms with Crippen LogP contribution in [-0.4, -0.2) is 23.8 Å². The average molecular weight is 357 g/mol. The molecule has 26 heavy (non-hydrogen) atoms. The van der Waals surface area contributed by atoms with Crippen molar-refractivity contribution in [1.82, 2.24) is 5.32 Å². The smallest absolute Gasteiger partial charge is 0.109 e. The maximum Gasteiger partial charge on any atom is 0.109 e. The number of hydrazine groups is 1. The summed E-state index contributed by atoms with van der Waals surface area (Å²) in [5.74, 6) is 7.01. The Morgan fingerprint density at radius 2 is 1.73 bits per heavy atom. The summed E-state index contributed by atoms with van der Waals surface area (Å²) >= 11 is 0. The number of aryl methyl sites for hydroxylation is 2. The third-order valence-electron chi connectivity index (χ3n) is 6.65. The number of hydrogen-bond donors (Lipinski definition) is 4. The van der Waals surface area contributed by atoms with Gasteiger partial charge in [-0.3, -0.25) is 5.01 Å². The van der Waals surface area contributed by atoms with Crippen LogP contribution in [0.3, 0.4) is 0 Å². The van der Waals surface area contributed by atoms with Crippen molar-refractivity contribution in [3.05, 3.63) is 40.7 Å². The van der Waals surface area contributed by atoms with E-state index in [1.807, 2.05) is 6.07 Å². The summed E-state index contributed by atoms with van der Waals surface area (Å²) in [5.41, 5.74) is 10.6. The van der Waals surface area contributed by atoms with Gasteiger partial charge in [0, 0.05) is 11.6 Å². The van der Waals surface area contributed by atoms with Crippen LogP contribution >= 0.6 is 0 Å². The molecule has 2 aliphatic carbocycles. The molecule has 1 heterocycles. The van der Waals surface area contributed by atoms with Gasteiger partial charge in [0.15, 0.2) is 0 Å². The first-order valence-electron chi connectivity index (χ1n) is 9.90. The summed E-state index contributed by atoms with van der Waals surface area (Å²) in [6, 6.07) is 6.16. The summed E-state index contributed by atoms with van der Waals surface area (Å²) in [5, 5.41) is 16.7. The summed E-state index contributed by atoms with van der Waals surface area (Å²) in [4.78, 5) is 0. The molecule has 0 radical (unpaired) electrons. The number of anilines is 1. The molecule has 1 aliphatic heterocycles. The lowest BCUT2D eigenvalue weighted by atomic mass is 9.54. The summed E-state index contributed by atoms with van der Waals surface area (Å²) < 4.78 is 0. The van der Waals surface area contributed by atoms with E-state index in [4.69, 9.17) is 11.6 Å². The maximum atomic E-state index is 11.6. The van der Waals surface area contributed by atoms with Crippen LogP contribution in [0.5, 0.6) is 0 Å². The SMILES string of the molecule is Cc1cccc(C)c1N(N)/C(=C(\N)C1CC1)C1(O)CC2(CCNCC2)C1. The Morgan fingerprint density at radius 3 is 2.27 bits per heavy atom. The van der Waals surface area contributed by atoms with Crippen molar-refractivity contribution in [3.63, 3.8) is 0 Å². The second-order valence-electron chi connectivity index (χ2n) is 8.82. The number of benzene rings is 1. The van der Waals surface area contributed by atoms with Crippen molar-refractivity contribution < 1.29 is 5.11 Å². The van der Waals surface area contributed by atoms with E-state index in [0.29, 0.717) is 5.92 Å². The number of para-hydroxylation sites is 1. The molecule has 3 aliphatic rings. The molecule has 1 aromatic rings. The Hall–Kier alpha value is -1.56.